The Hall–Kier alpha value is -2.82. The summed E-state index contributed by atoms with van der Waals surface area (Å²) in [6.45, 7) is 6.79. The van der Waals surface area contributed by atoms with Crippen molar-refractivity contribution in [3.8, 4) is 5.75 Å². The third-order valence-corrected chi connectivity index (χ3v) is 6.83. The highest BCUT2D eigenvalue weighted by Crippen LogP contribution is 2.30. The van der Waals surface area contributed by atoms with Gasteiger partial charge in [0.05, 0.1) is 6.61 Å². The third kappa shape index (κ3) is 7.89. The summed E-state index contributed by atoms with van der Waals surface area (Å²) >= 11 is 0. The van der Waals surface area contributed by atoms with E-state index in [9.17, 15) is 14.7 Å². The Balaban J connectivity index is 1.60. The summed E-state index contributed by atoms with van der Waals surface area (Å²) in [5.41, 5.74) is 1.61. The van der Waals surface area contributed by atoms with Crippen molar-refractivity contribution in [3.63, 3.8) is 0 Å². The monoisotopic (exact) mass is 465 g/mol. The van der Waals surface area contributed by atoms with Gasteiger partial charge in [-0.15, -0.1) is 0 Å². The van der Waals surface area contributed by atoms with Crippen LogP contribution in [-0.4, -0.2) is 29.6 Å². The van der Waals surface area contributed by atoms with Crippen LogP contribution in [0, 0.1) is 17.3 Å². The summed E-state index contributed by atoms with van der Waals surface area (Å²) < 4.78 is 5.96. The van der Waals surface area contributed by atoms with Crippen molar-refractivity contribution in [2.24, 2.45) is 17.3 Å². The number of amides is 1. The van der Waals surface area contributed by atoms with Gasteiger partial charge in [0.25, 0.3) is 0 Å². The Labute approximate surface area is 203 Å². The summed E-state index contributed by atoms with van der Waals surface area (Å²) in [5, 5.41) is 12.6. The predicted octanol–water partition coefficient (Wildman–Crippen LogP) is 5.66. The highest BCUT2D eigenvalue weighted by Gasteiger charge is 2.33. The van der Waals surface area contributed by atoms with Crippen LogP contribution < -0.4 is 10.1 Å². The lowest BCUT2D eigenvalue weighted by atomic mass is 9.76. The third-order valence-electron chi connectivity index (χ3n) is 6.83. The van der Waals surface area contributed by atoms with Crippen LogP contribution in [0.4, 0.5) is 0 Å². The minimum atomic E-state index is -1.03. The van der Waals surface area contributed by atoms with Crippen molar-refractivity contribution in [2.75, 3.05) is 6.61 Å². The molecule has 0 radical (unpaired) electrons. The van der Waals surface area contributed by atoms with Crippen LogP contribution in [0.5, 0.6) is 5.75 Å². The average Bonchev–Trinajstić information content (AvgIpc) is 2.82. The molecule has 0 spiro atoms. The van der Waals surface area contributed by atoms with Gasteiger partial charge in [-0.05, 0) is 53.9 Å². The van der Waals surface area contributed by atoms with Gasteiger partial charge < -0.3 is 15.2 Å². The van der Waals surface area contributed by atoms with Crippen molar-refractivity contribution < 1.29 is 19.4 Å². The van der Waals surface area contributed by atoms with Crippen LogP contribution in [0.25, 0.3) is 0 Å². The fourth-order valence-corrected chi connectivity index (χ4v) is 4.64. The molecule has 0 bridgehead atoms. The molecule has 1 amide bonds. The second-order valence-electron chi connectivity index (χ2n) is 10.7. The summed E-state index contributed by atoms with van der Waals surface area (Å²) in [4.78, 5) is 25.2. The van der Waals surface area contributed by atoms with Gasteiger partial charge >= 0.3 is 5.97 Å². The first-order valence-corrected chi connectivity index (χ1v) is 12.5. The number of ether oxygens (including phenoxy) is 1. The number of hydrogen-bond donors (Lipinski definition) is 2. The largest absolute Gasteiger partial charge is 0.493 e. The Morgan fingerprint density at radius 1 is 0.941 bits per heavy atom. The number of carbonyl (C=O) groups is 2. The Kier molecular flexibility index (Phi) is 9.14. The van der Waals surface area contributed by atoms with Gasteiger partial charge in [0.1, 0.15) is 11.8 Å². The van der Waals surface area contributed by atoms with Crippen LogP contribution >= 0.6 is 0 Å². The van der Waals surface area contributed by atoms with E-state index in [1.54, 1.807) is 0 Å². The normalized spacial score (nSPS) is 16.4. The molecule has 0 heterocycles. The number of carbonyl (C=O) groups excluding carboxylic acids is 1. The van der Waals surface area contributed by atoms with Crippen molar-refractivity contribution in [3.05, 3.63) is 65.7 Å². The Morgan fingerprint density at radius 3 is 2.15 bits per heavy atom. The minimum absolute atomic E-state index is 0.226. The van der Waals surface area contributed by atoms with Crippen LogP contribution in [0.1, 0.15) is 64.0 Å². The topological polar surface area (TPSA) is 75.6 Å². The molecule has 2 N–H and O–H groups in total. The summed E-state index contributed by atoms with van der Waals surface area (Å²) in [7, 11) is 0. The maximum Gasteiger partial charge on any atom is 0.326 e. The van der Waals surface area contributed by atoms with E-state index in [-0.39, 0.29) is 23.7 Å². The van der Waals surface area contributed by atoms with Gasteiger partial charge in [-0.3, -0.25) is 4.79 Å². The number of aliphatic carboxylic acids is 1. The van der Waals surface area contributed by atoms with Crippen LogP contribution in [0.2, 0.25) is 0 Å². The van der Waals surface area contributed by atoms with Gasteiger partial charge in [0.2, 0.25) is 5.91 Å². The van der Waals surface area contributed by atoms with Crippen molar-refractivity contribution in [2.45, 2.75) is 71.8 Å². The molecule has 1 unspecified atom stereocenters. The smallest absolute Gasteiger partial charge is 0.326 e. The second-order valence-corrected chi connectivity index (χ2v) is 10.7. The van der Waals surface area contributed by atoms with Gasteiger partial charge in [-0.25, -0.2) is 4.79 Å². The molecule has 3 rings (SSSR count). The highest BCUT2D eigenvalue weighted by molar-refractivity contribution is 5.85. The Bertz CT molecular complexity index is 911. The van der Waals surface area contributed by atoms with E-state index in [0.29, 0.717) is 12.3 Å². The molecule has 1 fully saturated rings. The van der Waals surface area contributed by atoms with Crippen molar-refractivity contribution >= 4 is 11.9 Å². The van der Waals surface area contributed by atoms with E-state index >= 15 is 0 Å². The minimum Gasteiger partial charge on any atom is -0.493 e. The van der Waals surface area contributed by atoms with Crippen molar-refractivity contribution in [1.82, 2.24) is 5.32 Å². The molecule has 2 aromatic carbocycles. The molecule has 0 saturated heterocycles. The van der Waals surface area contributed by atoms with E-state index in [0.717, 1.165) is 23.5 Å². The van der Waals surface area contributed by atoms with Crippen LogP contribution in [-0.2, 0) is 22.4 Å². The summed E-state index contributed by atoms with van der Waals surface area (Å²) in [5.74, 6) is -0.158. The zero-order valence-electron chi connectivity index (χ0n) is 20.8. The fourth-order valence-electron chi connectivity index (χ4n) is 4.64. The first-order valence-electron chi connectivity index (χ1n) is 12.5. The maximum absolute atomic E-state index is 13.2. The number of hydrogen-bond acceptors (Lipinski definition) is 3. The lowest BCUT2D eigenvalue weighted by molar-refractivity contribution is -0.143. The molecule has 0 aliphatic heterocycles. The van der Waals surface area contributed by atoms with Gasteiger partial charge in [0.15, 0.2) is 0 Å². The molecule has 0 aromatic heterocycles. The van der Waals surface area contributed by atoms with Crippen LogP contribution in [0.3, 0.4) is 0 Å². The van der Waals surface area contributed by atoms with Gasteiger partial charge in [0, 0.05) is 12.3 Å². The highest BCUT2D eigenvalue weighted by atomic mass is 16.5. The molecule has 2 aromatic rings. The first-order chi connectivity index (χ1) is 16.2. The molecule has 5 nitrogen and oxygen atoms in total. The van der Waals surface area contributed by atoms with E-state index in [1.807, 2.05) is 75.4 Å². The molecular formula is C29H39NO4. The number of rotatable bonds is 10. The van der Waals surface area contributed by atoms with E-state index < -0.39 is 12.0 Å². The van der Waals surface area contributed by atoms with E-state index in [4.69, 9.17) is 4.74 Å². The SMILES string of the molecule is CC(C)(C)C(Cc1ccccc1)C(=O)N[C@@H](Cc1ccc(OCC2CCCCC2)cc1)C(=O)O. The lowest BCUT2D eigenvalue weighted by Gasteiger charge is -2.31. The summed E-state index contributed by atoms with van der Waals surface area (Å²) in [6, 6.07) is 16.4. The zero-order valence-corrected chi connectivity index (χ0v) is 20.8. The molecule has 2 atom stereocenters. The lowest BCUT2D eigenvalue weighted by Crippen LogP contribution is -2.48. The fraction of sp³-hybridized carbons (Fsp3) is 0.517. The van der Waals surface area contributed by atoms with Crippen molar-refractivity contribution in [1.29, 1.82) is 0 Å². The van der Waals surface area contributed by atoms with Crippen LogP contribution in [0.15, 0.2) is 54.6 Å². The molecular weight excluding hydrogens is 426 g/mol. The quantitative estimate of drug-likeness (QED) is 0.475. The van der Waals surface area contributed by atoms with Gasteiger partial charge in [-0.2, -0.15) is 0 Å². The molecule has 184 valence electrons. The number of benzene rings is 2. The molecule has 34 heavy (non-hydrogen) atoms. The molecule has 1 aliphatic carbocycles. The standard InChI is InChI=1S/C29H39NO4/c1-29(2,3)25(18-21-10-6-4-7-11-21)27(31)30-26(28(32)33)19-22-14-16-24(17-15-22)34-20-23-12-8-5-9-13-23/h4,6-7,10-11,14-17,23,25-26H,5,8-9,12-13,18-20H2,1-3H3,(H,30,31)(H,32,33)/t25?,26-/m0/s1. The van der Waals surface area contributed by atoms with E-state index in [1.165, 1.54) is 32.1 Å². The average molecular weight is 466 g/mol. The number of carboxylic acid groups (broad SMARTS) is 1. The Morgan fingerprint density at radius 2 is 1.56 bits per heavy atom. The molecule has 1 saturated carbocycles. The van der Waals surface area contributed by atoms with Gasteiger partial charge in [-0.1, -0.05) is 82.5 Å². The van der Waals surface area contributed by atoms with E-state index in [2.05, 4.69) is 5.32 Å². The maximum atomic E-state index is 13.2. The molecule has 1 aliphatic rings. The predicted molar refractivity (Wildman–Crippen MR) is 135 cm³/mol. The molecule has 5 heteroatoms. The number of nitrogens with one attached hydrogen (secondary N) is 1. The second kappa shape index (κ2) is 12.0. The summed E-state index contributed by atoms with van der Waals surface area (Å²) in [6.07, 6.45) is 7.17. The zero-order chi connectivity index (χ0) is 24.6. The first kappa shape index (κ1) is 25.8. The number of carboxylic acids is 1.